The first kappa shape index (κ1) is 16.5. The molecular formula is C18H22N2OS2. The van der Waals surface area contributed by atoms with Gasteiger partial charge in [0.2, 0.25) is 5.90 Å². The highest BCUT2D eigenvalue weighted by Gasteiger charge is 2.21. The van der Waals surface area contributed by atoms with Crippen molar-refractivity contribution in [3.8, 4) is 0 Å². The SMILES string of the molecule is CSCCC1COC(c2cccn2Cc2ccc(SC)cc2)=N1. The Morgan fingerprint density at radius 1 is 1.22 bits per heavy atom. The van der Waals surface area contributed by atoms with Crippen molar-refractivity contribution < 1.29 is 4.74 Å². The van der Waals surface area contributed by atoms with Crippen molar-refractivity contribution in [2.24, 2.45) is 4.99 Å². The van der Waals surface area contributed by atoms with Crippen LogP contribution >= 0.6 is 23.5 Å². The van der Waals surface area contributed by atoms with Crippen LogP contribution in [0, 0.1) is 0 Å². The number of hydrogen-bond donors (Lipinski definition) is 0. The predicted molar refractivity (Wildman–Crippen MR) is 101 cm³/mol. The molecule has 1 unspecified atom stereocenters. The van der Waals surface area contributed by atoms with Crippen LogP contribution in [0.4, 0.5) is 0 Å². The molecule has 0 N–H and O–H groups in total. The van der Waals surface area contributed by atoms with E-state index in [0.29, 0.717) is 12.6 Å². The number of ether oxygens (including phenoxy) is 1. The van der Waals surface area contributed by atoms with E-state index < -0.39 is 0 Å². The number of aromatic nitrogens is 1. The number of nitrogens with zero attached hydrogens (tertiary/aromatic N) is 2. The van der Waals surface area contributed by atoms with Gasteiger partial charge in [-0.2, -0.15) is 11.8 Å². The van der Waals surface area contributed by atoms with E-state index in [0.717, 1.165) is 30.3 Å². The Hall–Kier alpha value is -1.33. The van der Waals surface area contributed by atoms with Crippen LogP contribution in [0.3, 0.4) is 0 Å². The Morgan fingerprint density at radius 3 is 2.78 bits per heavy atom. The fraction of sp³-hybridized carbons (Fsp3) is 0.389. The third-order valence-corrected chi connectivity index (χ3v) is 5.32. The van der Waals surface area contributed by atoms with E-state index in [1.807, 2.05) is 11.8 Å². The van der Waals surface area contributed by atoms with Crippen molar-refractivity contribution in [2.45, 2.75) is 23.9 Å². The highest BCUT2D eigenvalue weighted by atomic mass is 32.2. The smallest absolute Gasteiger partial charge is 0.233 e. The number of hydrogen-bond acceptors (Lipinski definition) is 4. The zero-order valence-corrected chi connectivity index (χ0v) is 15.2. The first-order chi connectivity index (χ1) is 11.3. The van der Waals surface area contributed by atoms with Gasteiger partial charge in [-0.25, -0.2) is 4.99 Å². The molecule has 122 valence electrons. The molecule has 23 heavy (non-hydrogen) atoms. The third-order valence-electron chi connectivity index (χ3n) is 3.93. The van der Waals surface area contributed by atoms with Crippen LogP contribution in [0.5, 0.6) is 0 Å². The lowest BCUT2D eigenvalue weighted by Gasteiger charge is -2.09. The average molecular weight is 347 g/mol. The molecule has 1 aromatic carbocycles. The van der Waals surface area contributed by atoms with Crippen molar-refractivity contribution in [3.63, 3.8) is 0 Å². The van der Waals surface area contributed by atoms with Gasteiger partial charge in [0.25, 0.3) is 0 Å². The van der Waals surface area contributed by atoms with Crippen molar-refractivity contribution in [2.75, 3.05) is 24.9 Å². The molecule has 2 heterocycles. The molecule has 1 atom stereocenters. The van der Waals surface area contributed by atoms with E-state index in [2.05, 4.69) is 59.7 Å². The maximum absolute atomic E-state index is 5.84. The second kappa shape index (κ2) is 7.97. The van der Waals surface area contributed by atoms with Crippen LogP contribution in [-0.2, 0) is 11.3 Å². The maximum atomic E-state index is 5.84. The molecule has 0 saturated heterocycles. The highest BCUT2D eigenvalue weighted by molar-refractivity contribution is 7.98. The van der Waals surface area contributed by atoms with Gasteiger partial charge in [-0.05, 0) is 54.5 Å². The fourth-order valence-electron chi connectivity index (χ4n) is 2.63. The minimum atomic E-state index is 0.307. The highest BCUT2D eigenvalue weighted by Crippen LogP contribution is 2.19. The van der Waals surface area contributed by atoms with E-state index in [9.17, 15) is 0 Å². The normalized spacial score (nSPS) is 17.1. The van der Waals surface area contributed by atoms with Gasteiger partial charge >= 0.3 is 0 Å². The Kier molecular flexibility index (Phi) is 5.73. The van der Waals surface area contributed by atoms with E-state index in [1.165, 1.54) is 10.5 Å². The molecule has 0 spiro atoms. The van der Waals surface area contributed by atoms with Gasteiger partial charge in [0.15, 0.2) is 0 Å². The minimum Gasteiger partial charge on any atom is -0.474 e. The van der Waals surface area contributed by atoms with Gasteiger partial charge in [0.05, 0.1) is 6.04 Å². The lowest BCUT2D eigenvalue weighted by atomic mass is 10.2. The molecule has 0 radical (unpaired) electrons. The summed E-state index contributed by atoms with van der Waals surface area (Å²) in [6.45, 7) is 1.55. The van der Waals surface area contributed by atoms with Crippen molar-refractivity contribution in [3.05, 3.63) is 53.9 Å². The number of benzene rings is 1. The third kappa shape index (κ3) is 4.15. The lowest BCUT2D eigenvalue weighted by molar-refractivity contribution is 0.314. The lowest BCUT2D eigenvalue weighted by Crippen LogP contribution is -2.10. The number of aliphatic imine (C=N–C) groups is 1. The largest absolute Gasteiger partial charge is 0.474 e. The molecular weight excluding hydrogens is 324 g/mol. The molecule has 0 aliphatic carbocycles. The second-order valence-electron chi connectivity index (χ2n) is 5.55. The quantitative estimate of drug-likeness (QED) is 0.704. The van der Waals surface area contributed by atoms with Gasteiger partial charge in [-0.15, -0.1) is 11.8 Å². The van der Waals surface area contributed by atoms with Crippen LogP contribution in [0.15, 0.2) is 52.5 Å². The predicted octanol–water partition coefficient (Wildman–Crippen LogP) is 4.16. The molecule has 0 fully saturated rings. The summed E-state index contributed by atoms with van der Waals surface area (Å²) in [4.78, 5) is 6.05. The molecule has 0 saturated carbocycles. The van der Waals surface area contributed by atoms with Gasteiger partial charge < -0.3 is 9.30 Å². The molecule has 2 aromatic rings. The minimum absolute atomic E-state index is 0.307. The summed E-state index contributed by atoms with van der Waals surface area (Å²) < 4.78 is 8.05. The van der Waals surface area contributed by atoms with Crippen molar-refractivity contribution in [1.29, 1.82) is 0 Å². The zero-order valence-electron chi connectivity index (χ0n) is 13.6. The second-order valence-corrected chi connectivity index (χ2v) is 7.42. The van der Waals surface area contributed by atoms with Crippen LogP contribution in [0.25, 0.3) is 0 Å². The van der Waals surface area contributed by atoms with Gasteiger partial charge in [0.1, 0.15) is 12.3 Å². The van der Waals surface area contributed by atoms with Gasteiger partial charge in [0, 0.05) is 17.6 Å². The number of rotatable bonds is 7. The Bertz CT molecular complexity index is 664. The summed E-state index contributed by atoms with van der Waals surface area (Å²) >= 11 is 3.63. The number of thioether (sulfide) groups is 2. The van der Waals surface area contributed by atoms with Crippen molar-refractivity contribution >= 4 is 29.4 Å². The Labute approximate surface area is 146 Å². The summed E-state index contributed by atoms with van der Waals surface area (Å²) in [5.74, 6) is 1.93. The van der Waals surface area contributed by atoms with Crippen LogP contribution in [0.1, 0.15) is 17.7 Å². The standard InChI is InChI=1S/C18H22N2OS2/c1-22-11-9-15-13-21-18(19-15)17-4-3-10-20(17)12-14-5-7-16(23-2)8-6-14/h3-8,10,15H,9,11-13H2,1-2H3. The average Bonchev–Trinajstić information content (AvgIpc) is 3.22. The molecule has 0 bridgehead atoms. The molecule has 5 heteroatoms. The zero-order chi connectivity index (χ0) is 16.1. The summed E-state index contributed by atoms with van der Waals surface area (Å²) in [6, 6.07) is 13.2. The van der Waals surface area contributed by atoms with Gasteiger partial charge in [-0.3, -0.25) is 0 Å². The molecule has 0 amide bonds. The fourth-order valence-corrected chi connectivity index (χ4v) is 3.55. The monoisotopic (exact) mass is 346 g/mol. The molecule has 1 aliphatic rings. The summed E-state index contributed by atoms with van der Waals surface area (Å²) in [5.41, 5.74) is 2.36. The molecule has 3 nitrogen and oxygen atoms in total. The van der Waals surface area contributed by atoms with Crippen LogP contribution in [-0.4, -0.2) is 41.4 Å². The van der Waals surface area contributed by atoms with Gasteiger partial charge in [-0.1, -0.05) is 12.1 Å². The van der Waals surface area contributed by atoms with Crippen LogP contribution in [0.2, 0.25) is 0 Å². The first-order valence-electron chi connectivity index (χ1n) is 7.78. The summed E-state index contributed by atoms with van der Waals surface area (Å²) in [7, 11) is 0. The van der Waals surface area contributed by atoms with E-state index in [-0.39, 0.29) is 0 Å². The molecule has 3 rings (SSSR count). The Balaban J connectivity index is 1.72. The maximum Gasteiger partial charge on any atom is 0.233 e. The van der Waals surface area contributed by atoms with Crippen molar-refractivity contribution in [1.82, 2.24) is 4.57 Å². The van der Waals surface area contributed by atoms with E-state index in [4.69, 9.17) is 9.73 Å². The Morgan fingerprint density at radius 2 is 2.04 bits per heavy atom. The topological polar surface area (TPSA) is 26.5 Å². The molecule has 1 aromatic heterocycles. The van der Waals surface area contributed by atoms with E-state index >= 15 is 0 Å². The molecule has 1 aliphatic heterocycles. The first-order valence-corrected chi connectivity index (χ1v) is 10.4. The van der Waals surface area contributed by atoms with Crippen LogP contribution < -0.4 is 0 Å². The summed E-state index contributed by atoms with van der Waals surface area (Å²) in [6.07, 6.45) is 7.41. The summed E-state index contributed by atoms with van der Waals surface area (Å²) in [5, 5.41) is 0. The van der Waals surface area contributed by atoms with E-state index in [1.54, 1.807) is 11.8 Å².